The van der Waals surface area contributed by atoms with E-state index in [1.54, 1.807) is 35.7 Å². The van der Waals surface area contributed by atoms with Gasteiger partial charge in [0.25, 0.3) is 0 Å². The number of rotatable bonds is 7. The fourth-order valence-corrected chi connectivity index (χ4v) is 3.25. The summed E-state index contributed by atoms with van der Waals surface area (Å²) in [5.74, 6) is 1.28. The Labute approximate surface area is 197 Å². The summed E-state index contributed by atoms with van der Waals surface area (Å²) in [6.07, 6.45) is 1.71. The van der Waals surface area contributed by atoms with Gasteiger partial charge in [-0.25, -0.2) is 19.4 Å². The minimum atomic E-state index is -0.346. The topological polar surface area (TPSA) is 62.6 Å². The summed E-state index contributed by atoms with van der Waals surface area (Å²) < 4.78 is 18.8. The molecule has 0 radical (unpaired) electrons. The van der Waals surface area contributed by atoms with Crippen molar-refractivity contribution in [3.63, 3.8) is 0 Å². The van der Waals surface area contributed by atoms with Gasteiger partial charge in [0.2, 0.25) is 5.88 Å². The van der Waals surface area contributed by atoms with Gasteiger partial charge in [-0.2, -0.15) is 0 Å². The summed E-state index contributed by atoms with van der Waals surface area (Å²) in [7, 11) is 1.99. The lowest BCUT2D eigenvalue weighted by Crippen LogP contribution is -2.38. The average Bonchev–Trinajstić information content (AvgIpc) is 3.11. The zero-order valence-corrected chi connectivity index (χ0v) is 20.3. The number of aliphatic imine (C=N–C) groups is 1. The van der Waals surface area contributed by atoms with Crippen LogP contribution in [0.4, 0.5) is 4.39 Å². The highest BCUT2D eigenvalue weighted by Gasteiger charge is 2.09. The Kier molecular flexibility index (Phi) is 9.44. The molecule has 0 saturated carbocycles. The highest BCUT2D eigenvalue weighted by Crippen LogP contribution is 2.20. The number of pyridine rings is 1. The number of nitrogens with one attached hydrogen (secondary N) is 1. The van der Waals surface area contributed by atoms with E-state index in [9.17, 15) is 4.39 Å². The number of hydrogen-bond acceptors (Lipinski definition) is 5. The minimum absolute atomic E-state index is 0. The van der Waals surface area contributed by atoms with E-state index in [2.05, 4.69) is 25.7 Å². The Morgan fingerprint density at radius 1 is 1.30 bits per heavy atom. The Morgan fingerprint density at radius 2 is 2.13 bits per heavy atom. The Morgan fingerprint density at radius 3 is 2.77 bits per heavy atom. The minimum Gasteiger partial charge on any atom is -0.439 e. The van der Waals surface area contributed by atoms with E-state index in [0.29, 0.717) is 24.7 Å². The number of halogens is 2. The monoisotopic (exact) mass is 541 g/mol. The van der Waals surface area contributed by atoms with E-state index in [4.69, 9.17) is 4.74 Å². The van der Waals surface area contributed by atoms with Crippen LogP contribution < -0.4 is 10.1 Å². The fraction of sp³-hybridized carbons (Fsp3) is 0.286. The molecule has 0 saturated heterocycles. The summed E-state index contributed by atoms with van der Waals surface area (Å²) >= 11 is 1.65. The number of aromatic nitrogens is 2. The molecular formula is C21H25FIN5OS. The lowest BCUT2D eigenvalue weighted by Gasteiger charge is -2.21. The number of aryl methyl sites for hydroxylation is 1. The number of ether oxygens (including phenoxy) is 1. The molecule has 0 fully saturated rings. The summed E-state index contributed by atoms with van der Waals surface area (Å²) in [4.78, 5) is 15.5. The maximum Gasteiger partial charge on any atom is 0.219 e. The van der Waals surface area contributed by atoms with Crippen LogP contribution in [0.15, 0.2) is 53.0 Å². The molecule has 3 rings (SSSR count). The van der Waals surface area contributed by atoms with E-state index >= 15 is 0 Å². The van der Waals surface area contributed by atoms with Crippen LogP contribution in [0.2, 0.25) is 0 Å². The lowest BCUT2D eigenvalue weighted by molar-refractivity contribution is 0.457. The maximum absolute atomic E-state index is 13.2. The van der Waals surface area contributed by atoms with Crippen LogP contribution in [-0.4, -0.2) is 34.4 Å². The van der Waals surface area contributed by atoms with Crippen LogP contribution in [0.3, 0.4) is 0 Å². The van der Waals surface area contributed by atoms with E-state index in [1.165, 1.54) is 12.1 Å². The molecule has 3 aromatic rings. The molecule has 0 aliphatic heterocycles. The third kappa shape index (κ3) is 7.21. The molecule has 0 bridgehead atoms. The summed E-state index contributed by atoms with van der Waals surface area (Å²) in [5, 5.41) is 6.42. The standard InChI is InChI=1S/C21H24FN5OS.HI/c1-4-23-21(27(3)13-18-14-29-15(2)26-18)25-12-16-8-9-20(24-11-16)28-19-7-5-6-17(22)10-19;/h5-11,14H,4,12-13H2,1-3H3,(H,23,25);1H. The zero-order chi connectivity index (χ0) is 20.6. The van der Waals surface area contributed by atoms with E-state index in [0.717, 1.165) is 28.8 Å². The average molecular weight is 541 g/mol. The molecular weight excluding hydrogens is 516 g/mol. The molecule has 2 aromatic heterocycles. The number of thiazole rings is 1. The molecule has 0 spiro atoms. The molecule has 0 aliphatic rings. The van der Waals surface area contributed by atoms with Gasteiger partial charge in [0.05, 0.1) is 23.8 Å². The van der Waals surface area contributed by atoms with Crippen molar-refractivity contribution < 1.29 is 9.13 Å². The number of nitrogens with zero attached hydrogens (tertiary/aromatic N) is 4. The van der Waals surface area contributed by atoms with E-state index in [1.807, 2.05) is 31.9 Å². The van der Waals surface area contributed by atoms with Gasteiger partial charge < -0.3 is 15.0 Å². The van der Waals surface area contributed by atoms with Crippen molar-refractivity contribution in [3.05, 3.63) is 70.1 Å². The number of hydrogen-bond donors (Lipinski definition) is 1. The second kappa shape index (κ2) is 11.8. The first-order chi connectivity index (χ1) is 14.0. The SMILES string of the molecule is CCNC(=NCc1ccc(Oc2cccc(F)c2)nc1)N(C)Cc1csc(C)n1.I. The smallest absolute Gasteiger partial charge is 0.219 e. The van der Waals surface area contributed by atoms with Gasteiger partial charge in [0.15, 0.2) is 5.96 Å². The molecule has 1 aromatic carbocycles. The quantitative estimate of drug-likeness (QED) is 0.260. The van der Waals surface area contributed by atoms with Crippen LogP contribution in [-0.2, 0) is 13.1 Å². The number of benzene rings is 1. The third-order valence-corrected chi connectivity index (χ3v) is 4.81. The Balaban J connectivity index is 0.00000320. The van der Waals surface area contributed by atoms with Crippen molar-refractivity contribution in [1.29, 1.82) is 0 Å². The van der Waals surface area contributed by atoms with Crippen molar-refractivity contribution in [2.75, 3.05) is 13.6 Å². The molecule has 160 valence electrons. The van der Waals surface area contributed by atoms with Crippen molar-refractivity contribution in [3.8, 4) is 11.6 Å². The molecule has 0 atom stereocenters. The molecule has 0 unspecified atom stereocenters. The van der Waals surface area contributed by atoms with Crippen molar-refractivity contribution in [1.82, 2.24) is 20.2 Å². The van der Waals surface area contributed by atoms with Gasteiger partial charge >= 0.3 is 0 Å². The van der Waals surface area contributed by atoms with E-state index in [-0.39, 0.29) is 29.8 Å². The zero-order valence-electron chi connectivity index (χ0n) is 17.1. The van der Waals surface area contributed by atoms with Crippen molar-refractivity contribution in [2.45, 2.75) is 26.9 Å². The van der Waals surface area contributed by atoms with Crippen LogP contribution in [0.5, 0.6) is 11.6 Å². The lowest BCUT2D eigenvalue weighted by atomic mass is 10.3. The van der Waals surface area contributed by atoms with Gasteiger partial charge in [-0.3, -0.25) is 0 Å². The van der Waals surface area contributed by atoms with Crippen LogP contribution >= 0.6 is 35.3 Å². The van der Waals surface area contributed by atoms with Gasteiger partial charge in [-0.15, -0.1) is 35.3 Å². The van der Waals surface area contributed by atoms with Gasteiger partial charge in [0, 0.05) is 37.3 Å². The van der Waals surface area contributed by atoms with E-state index < -0.39 is 0 Å². The fourth-order valence-electron chi connectivity index (χ4n) is 2.65. The summed E-state index contributed by atoms with van der Waals surface area (Å²) in [5.41, 5.74) is 1.98. The largest absolute Gasteiger partial charge is 0.439 e. The molecule has 0 aliphatic carbocycles. The van der Waals surface area contributed by atoms with Crippen LogP contribution in [0.1, 0.15) is 23.2 Å². The van der Waals surface area contributed by atoms with Gasteiger partial charge in [-0.05, 0) is 31.5 Å². The molecule has 30 heavy (non-hydrogen) atoms. The van der Waals surface area contributed by atoms with Crippen LogP contribution in [0, 0.1) is 12.7 Å². The molecule has 1 N–H and O–H groups in total. The molecule has 9 heteroatoms. The second-order valence-corrected chi connectivity index (χ2v) is 7.51. The van der Waals surface area contributed by atoms with Gasteiger partial charge in [0.1, 0.15) is 11.6 Å². The Bertz CT molecular complexity index is 964. The normalized spacial score (nSPS) is 11.0. The molecule has 2 heterocycles. The summed E-state index contributed by atoms with van der Waals surface area (Å²) in [6.45, 7) is 5.99. The van der Waals surface area contributed by atoms with Crippen molar-refractivity contribution in [2.24, 2.45) is 4.99 Å². The second-order valence-electron chi connectivity index (χ2n) is 6.45. The first kappa shape index (κ1) is 24.0. The molecule has 0 amide bonds. The van der Waals surface area contributed by atoms with Crippen LogP contribution in [0.25, 0.3) is 0 Å². The Hall–Kier alpha value is -2.27. The van der Waals surface area contributed by atoms with Crippen molar-refractivity contribution >= 4 is 41.3 Å². The van der Waals surface area contributed by atoms with Gasteiger partial charge in [-0.1, -0.05) is 12.1 Å². The molecule has 6 nitrogen and oxygen atoms in total. The highest BCUT2D eigenvalue weighted by molar-refractivity contribution is 14.0. The number of guanidine groups is 1. The first-order valence-corrected chi connectivity index (χ1v) is 10.2. The maximum atomic E-state index is 13.2. The highest BCUT2D eigenvalue weighted by atomic mass is 127. The third-order valence-electron chi connectivity index (χ3n) is 3.99. The predicted molar refractivity (Wildman–Crippen MR) is 129 cm³/mol. The predicted octanol–water partition coefficient (Wildman–Crippen LogP) is 4.99. The first-order valence-electron chi connectivity index (χ1n) is 9.32. The summed E-state index contributed by atoms with van der Waals surface area (Å²) in [6, 6.07) is 9.63.